The van der Waals surface area contributed by atoms with Gasteiger partial charge in [-0.15, -0.1) is 0 Å². The molecule has 1 atom stereocenters. The van der Waals surface area contributed by atoms with Crippen molar-refractivity contribution < 1.29 is 9.47 Å². The van der Waals surface area contributed by atoms with Crippen molar-refractivity contribution in [2.24, 2.45) is 0 Å². The number of fused-ring (bicyclic) bond motifs is 1. The van der Waals surface area contributed by atoms with Crippen LogP contribution in [0.15, 0.2) is 6.07 Å². The number of aromatic nitrogens is 1. The van der Waals surface area contributed by atoms with Gasteiger partial charge < -0.3 is 9.47 Å². The maximum absolute atomic E-state index is 9.14. The van der Waals surface area contributed by atoms with Crippen LogP contribution in [0.2, 0.25) is 0 Å². The molecule has 1 aromatic heterocycles. The Kier molecular flexibility index (Phi) is 4.16. The summed E-state index contributed by atoms with van der Waals surface area (Å²) in [6.45, 7) is 5.04. The summed E-state index contributed by atoms with van der Waals surface area (Å²) in [7, 11) is 0. The summed E-state index contributed by atoms with van der Waals surface area (Å²) in [5.74, 6) is 0.449. The maximum atomic E-state index is 9.14. The normalized spacial score (nSPS) is 14.9. The summed E-state index contributed by atoms with van der Waals surface area (Å²) in [5, 5.41) is 9.14. The van der Waals surface area contributed by atoms with Gasteiger partial charge in [0.25, 0.3) is 0 Å². The quantitative estimate of drug-likeness (QED) is 0.799. The Labute approximate surface area is 108 Å². The summed E-state index contributed by atoms with van der Waals surface area (Å²) in [5.41, 5.74) is 2.79. The van der Waals surface area contributed by atoms with Crippen LogP contribution in [0.3, 0.4) is 0 Å². The first-order valence-corrected chi connectivity index (χ1v) is 6.42. The molecule has 0 fully saturated rings. The molecule has 0 aromatic carbocycles. The van der Waals surface area contributed by atoms with Crippen LogP contribution in [0, 0.1) is 11.3 Å². The van der Waals surface area contributed by atoms with Crippen molar-refractivity contribution in [3.63, 3.8) is 0 Å². The largest absolute Gasteiger partial charge is 0.471 e. The molecule has 1 heterocycles. The van der Waals surface area contributed by atoms with E-state index >= 15 is 0 Å². The van der Waals surface area contributed by atoms with Gasteiger partial charge in [-0.2, -0.15) is 5.26 Å². The lowest BCUT2D eigenvalue weighted by Crippen LogP contribution is -2.20. The highest BCUT2D eigenvalue weighted by atomic mass is 16.5. The lowest BCUT2D eigenvalue weighted by atomic mass is 10.1. The molecule has 0 radical (unpaired) electrons. The Morgan fingerprint density at radius 3 is 3.06 bits per heavy atom. The van der Waals surface area contributed by atoms with Crippen molar-refractivity contribution in [1.29, 1.82) is 5.26 Å². The third-order valence-corrected chi connectivity index (χ3v) is 3.01. The minimum atomic E-state index is -0.0935. The molecule has 1 aromatic rings. The summed E-state index contributed by atoms with van der Waals surface area (Å²) in [6, 6.07) is 4.07. The van der Waals surface area contributed by atoms with Gasteiger partial charge in [0.2, 0.25) is 5.88 Å². The zero-order valence-electron chi connectivity index (χ0n) is 10.9. The average molecular weight is 246 g/mol. The molecule has 0 saturated carbocycles. The molecule has 0 amide bonds. The van der Waals surface area contributed by atoms with Gasteiger partial charge in [-0.3, -0.25) is 0 Å². The Bertz CT molecular complexity index is 466. The standard InChI is InChI=1S/C14H18N2O2/c1-3-17-9-10(2)18-14-12(8-15)7-11-5-4-6-13(11)16-14/h7,10H,3-6,9H2,1-2H3. The highest BCUT2D eigenvalue weighted by molar-refractivity contribution is 5.44. The fraction of sp³-hybridized carbons (Fsp3) is 0.571. The SMILES string of the molecule is CCOCC(C)Oc1nc2c(cc1C#N)CCC2. The van der Waals surface area contributed by atoms with E-state index in [-0.39, 0.29) is 6.10 Å². The molecular formula is C14H18N2O2. The van der Waals surface area contributed by atoms with E-state index in [4.69, 9.17) is 14.7 Å². The van der Waals surface area contributed by atoms with Gasteiger partial charge in [0, 0.05) is 12.3 Å². The van der Waals surface area contributed by atoms with E-state index < -0.39 is 0 Å². The fourth-order valence-electron chi connectivity index (χ4n) is 2.13. The minimum Gasteiger partial charge on any atom is -0.471 e. The van der Waals surface area contributed by atoms with Gasteiger partial charge in [-0.25, -0.2) is 4.98 Å². The number of ether oxygens (including phenoxy) is 2. The van der Waals surface area contributed by atoms with Crippen molar-refractivity contribution in [2.75, 3.05) is 13.2 Å². The molecule has 4 heteroatoms. The summed E-state index contributed by atoms with van der Waals surface area (Å²) < 4.78 is 11.0. The molecule has 1 aliphatic rings. The molecule has 4 nitrogen and oxygen atoms in total. The molecule has 0 aliphatic heterocycles. The van der Waals surface area contributed by atoms with Gasteiger partial charge in [-0.1, -0.05) is 0 Å². The highest BCUT2D eigenvalue weighted by Crippen LogP contribution is 2.26. The number of nitrogens with zero attached hydrogens (tertiary/aromatic N) is 2. The van der Waals surface area contributed by atoms with Gasteiger partial charge in [-0.05, 0) is 44.7 Å². The predicted molar refractivity (Wildman–Crippen MR) is 67.6 cm³/mol. The summed E-state index contributed by atoms with van der Waals surface area (Å²) in [4.78, 5) is 4.47. The van der Waals surface area contributed by atoms with Crippen LogP contribution < -0.4 is 4.74 Å². The smallest absolute Gasteiger partial charge is 0.232 e. The molecular weight excluding hydrogens is 228 g/mol. The number of nitriles is 1. The van der Waals surface area contributed by atoms with Gasteiger partial charge in [0.05, 0.1) is 6.61 Å². The van der Waals surface area contributed by atoms with Crippen molar-refractivity contribution >= 4 is 0 Å². The van der Waals surface area contributed by atoms with Crippen LogP contribution in [0.5, 0.6) is 5.88 Å². The van der Waals surface area contributed by atoms with E-state index in [0.29, 0.717) is 24.7 Å². The topological polar surface area (TPSA) is 55.1 Å². The molecule has 2 rings (SSSR count). The molecule has 0 saturated heterocycles. The third-order valence-electron chi connectivity index (χ3n) is 3.01. The van der Waals surface area contributed by atoms with Crippen molar-refractivity contribution in [3.8, 4) is 11.9 Å². The van der Waals surface area contributed by atoms with E-state index in [9.17, 15) is 0 Å². The van der Waals surface area contributed by atoms with Crippen LogP contribution in [0.4, 0.5) is 0 Å². The Morgan fingerprint density at radius 1 is 1.50 bits per heavy atom. The summed E-state index contributed by atoms with van der Waals surface area (Å²) in [6.07, 6.45) is 3.03. The molecule has 96 valence electrons. The minimum absolute atomic E-state index is 0.0935. The first-order valence-electron chi connectivity index (χ1n) is 6.42. The lowest BCUT2D eigenvalue weighted by molar-refractivity contribution is 0.0631. The van der Waals surface area contributed by atoms with E-state index in [1.807, 2.05) is 19.9 Å². The van der Waals surface area contributed by atoms with Crippen LogP contribution in [-0.4, -0.2) is 24.3 Å². The second kappa shape index (κ2) is 5.83. The number of aryl methyl sites for hydroxylation is 2. The highest BCUT2D eigenvalue weighted by Gasteiger charge is 2.18. The third kappa shape index (κ3) is 2.80. The average Bonchev–Trinajstić information content (AvgIpc) is 2.82. The first kappa shape index (κ1) is 12.8. The van der Waals surface area contributed by atoms with Crippen molar-refractivity contribution in [2.45, 2.75) is 39.2 Å². The number of hydrogen-bond donors (Lipinski definition) is 0. The van der Waals surface area contributed by atoms with E-state index in [2.05, 4.69) is 11.1 Å². The Morgan fingerprint density at radius 2 is 2.33 bits per heavy atom. The Balaban J connectivity index is 2.14. The molecule has 1 unspecified atom stereocenters. The second-order valence-corrected chi connectivity index (χ2v) is 4.50. The van der Waals surface area contributed by atoms with Crippen molar-refractivity contribution in [3.05, 3.63) is 22.9 Å². The predicted octanol–water partition coefficient (Wildman–Crippen LogP) is 2.25. The zero-order valence-corrected chi connectivity index (χ0v) is 10.9. The maximum Gasteiger partial charge on any atom is 0.232 e. The van der Waals surface area contributed by atoms with E-state index in [1.165, 1.54) is 5.56 Å². The second-order valence-electron chi connectivity index (χ2n) is 4.50. The van der Waals surface area contributed by atoms with Gasteiger partial charge >= 0.3 is 0 Å². The van der Waals surface area contributed by atoms with Crippen LogP contribution in [0.1, 0.15) is 37.1 Å². The van der Waals surface area contributed by atoms with Crippen LogP contribution >= 0.6 is 0 Å². The van der Waals surface area contributed by atoms with E-state index in [1.54, 1.807) is 0 Å². The Hall–Kier alpha value is -1.60. The molecule has 0 bridgehead atoms. The van der Waals surface area contributed by atoms with Gasteiger partial charge in [0.15, 0.2) is 0 Å². The molecule has 0 spiro atoms. The lowest BCUT2D eigenvalue weighted by Gasteiger charge is -2.15. The monoisotopic (exact) mass is 246 g/mol. The summed E-state index contributed by atoms with van der Waals surface area (Å²) >= 11 is 0. The zero-order chi connectivity index (χ0) is 13.0. The first-order chi connectivity index (χ1) is 8.74. The fourth-order valence-corrected chi connectivity index (χ4v) is 2.13. The molecule has 0 N–H and O–H groups in total. The molecule has 1 aliphatic carbocycles. The van der Waals surface area contributed by atoms with Crippen LogP contribution in [-0.2, 0) is 17.6 Å². The number of pyridine rings is 1. The van der Waals surface area contributed by atoms with Gasteiger partial charge in [0.1, 0.15) is 17.7 Å². The van der Waals surface area contributed by atoms with Crippen LogP contribution in [0.25, 0.3) is 0 Å². The number of hydrogen-bond acceptors (Lipinski definition) is 4. The number of rotatable bonds is 5. The van der Waals surface area contributed by atoms with E-state index in [0.717, 1.165) is 25.0 Å². The molecule has 18 heavy (non-hydrogen) atoms. The van der Waals surface area contributed by atoms with Crippen molar-refractivity contribution in [1.82, 2.24) is 4.98 Å².